The van der Waals surface area contributed by atoms with Crippen molar-refractivity contribution in [1.29, 1.82) is 0 Å². The van der Waals surface area contributed by atoms with Crippen molar-refractivity contribution in [3.63, 3.8) is 0 Å². The minimum atomic E-state index is -3.20. The molecule has 0 aliphatic carbocycles. The summed E-state index contributed by atoms with van der Waals surface area (Å²) in [5.41, 5.74) is 3.17. The van der Waals surface area contributed by atoms with Crippen LogP contribution in [0.3, 0.4) is 0 Å². The lowest BCUT2D eigenvalue weighted by Gasteiger charge is -2.44. The summed E-state index contributed by atoms with van der Waals surface area (Å²) in [4.78, 5) is 15.0. The predicted octanol–water partition coefficient (Wildman–Crippen LogP) is 4.44. The van der Waals surface area contributed by atoms with Gasteiger partial charge in [-0.15, -0.1) is 0 Å². The Morgan fingerprint density at radius 2 is 1.79 bits per heavy atom. The molecular formula is C23H25NO4S. The molecule has 2 heterocycles. The Labute approximate surface area is 171 Å². The van der Waals surface area contributed by atoms with E-state index >= 15 is 0 Å². The highest BCUT2D eigenvalue weighted by Gasteiger charge is 2.38. The summed E-state index contributed by atoms with van der Waals surface area (Å²) in [6.07, 6.45) is 6.83. The van der Waals surface area contributed by atoms with Crippen molar-refractivity contribution in [1.82, 2.24) is 4.90 Å². The second-order valence-corrected chi connectivity index (χ2v) is 9.81. The zero-order chi connectivity index (χ0) is 20.4. The molecule has 2 aromatic carbocycles. The average molecular weight is 412 g/mol. The van der Waals surface area contributed by atoms with Gasteiger partial charge in [0, 0.05) is 12.3 Å². The van der Waals surface area contributed by atoms with E-state index in [4.69, 9.17) is 4.74 Å². The van der Waals surface area contributed by atoms with E-state index in [1.807, 2.05) is 47.4 Å². The third kappa shape index (κ3) is 4.37. The number of fused-ring (bicyclic) bond motifs is 2. The standard InChI is InChI=1S/C23H25NO4S/c1-29(26,27)22-12-10-18(11-13-22)19-14-20-8-5-9-21(15-19)24(20)23(25)28-16-17-6-3-2-4-7-17/h2-4,6-7,10-14,20-21H,5,8-9,15-16H2,1H3. The molecular weight excluding hydrogens is 386 g/mol. The Bertz CT molecular complexity index is 1010. The maximum Gasteiger partial charge on any atom is 0.410 e. The van der Waals surface area contributed by atoms with Crippen molar-refractivity contribution in [2.75, 3.05) is 6.26 Å². The monoisotopic (exact) mass is 411 g/mol. The maximum atomic E-state index is 12.8. The molecule has 6 heteroatoms. The van der Waals surface area contributed by atoms with Gasteiger partial charge in [0.1, 0.15) is 6.61 Å². The van der Waals surface area contributed by atoms with Crippen molar-refractivity contribution in [2.24, 2.45) is 0 Å². The number of hydrogen-bond donors (Lipinski definition) is 0. The lowest BCUT2D eigenvalue weighted by Crippen LogP contribution is -2.51. The van der Waals surface area contributed by atoms with Gasteiger partial charge in [-0.3, -0.25) is 4.90 Å². The van der Waals surface area contributed by atoms with E-state index < -0.39 is 9.84 Å². The lowest BCUT2D eigenvalue weighted by molar-refractivity contribution is 0.0510. The van der Waals surface area contributed by atoms with Gasteiger partial charge in [-0.2, -0.15) is 0 Å². The number of carbonyl (C=O) groups is 1. The SMILES string of the molecule is CS(=O)(=O)c1ccc(C2=CC3CCCC(C2)N3C(=O)OCc2ccccc2)cc1. The van der Waals surface area contributed by atoms with Crippen LogP contribution in [0.5, 0.6) is 0 Å². The van der Waals surface area contributed by atoms with Crippen LogP contribution in [-0.2, 0) is 21.2 Å². The molecule has 5 nitrogen and oxygen atoms in total. The molecule has 0 saturated carbocycles. The van der Waals surface area contributed by atoms with Gasteiger partial charge in [0.25, 0.3) is 0 Å². The van der Waals surface area contributed by atoms with Gasteiger partial charge < -0.3 is 4.74 Å². The first-order valence-electron chi connectivity index (χ1n) is 9.92. The summed E-state index contributed by atoms with van der Waals surface area (Å²) in [6, 6.07) is 16.9. The summed E-state index contributed by atoms with van der Waals surface area (Å²) in [5.74, 6) is 0. The number of sulfone groups is 1. The Morgan fingerprint density at radius 3 is 2.45 bits per heavy atom. The van der Waals surface area contributed by atoms with Gasteiger partial charge in [-0.1, -0.05) is 48.5 Å². The van der Waals surface area contributed by atoms with Crippen molar-refractivity contribution < 1.29 is 17.9 Å². The highest BCUT2D eigenvalue weighted by Crippen LogP contribution is 2.37. The molecule has 0 radical (unpaired) electrons. The van der Waals surface area contributed by atoms with E-state index in [1.54, 1.807) is 12.1 Å². The Morgan fingerprint density at radius 1 is 1.07 bits per heavy atom. The van der Waals surface area contributed by atoms with Gasteiger partial charge in [0.05, 0.1) is 10.9 Å². The predicted molar refractivity (Wildman–Crippen MR) is 112 cm³/mol. The number of hydrogen-bond acceptors (Lipinski definition) is 4. The second kappa shape index (κ2) is 8.03. The summed E-state index contributed by atoms with van der Waals surface area (Å²) in [6.45, 7) is 0.277. The minimum Gasteiger partial charge on any atom is -0.445 e. The highest BCUT2D eigenvalue weighted by molar-refractivity contribution is 7.90. The van der Waals surface area contributed by atoms with Crippen LogP contribution in [0.2, 0.25) is 0 Å². The van der Waals surface area contributed by atoms with E-state index in [0.29, 0.717) is 4.90 Å². The van der Waals surface area contributed by atoms with Crippen LogP contribution >= 0.6 is 0 Å². The van der Waals surface area contributed by atoms with Gasteiger partial charge in [0.15, 0.2) is 9.84 Å². The number of carbonyl (C=O) groups excluding carboxylic acids is 1. The minimum absolute atomic E-state index is 0.0235. The number of ether oxygens (including phenoxy) is 1. The summed E-state index contributed by atoms with van der Waals surface area (Å²) in [5, 5.41) is 0. The summed E-state index contributed by atoms with van der Waals surface area (Å²) >= 11 is 0. The molecule has 0 spiro atoms. The van der Waals surface area contributed by atoms with Crippen molar-refractivity contribution in [3.8, 4) is 0 Å². The smallest absolute Gasteiger partial charge is 0.410 e. The Balaban J connectivity index is 1.50. The number of rotatable bonds is 4. The van der Waals surface area contributed by atoms with E-state index in [9.17, 15) is 13.2 Å². The lowest BCUT2D eigenvalue weighted by atomic mass is 9.83. The first-order chi connectivity index (χ1) is 13.9. The van der Waals surface area contributed by atoms with Gasteiger partial charge in [0.2, 0.25) is 0 Å². The molecule has 0 N–H and O–H groups in total. The van der Waals surface area contributed by atoms with Gasteiger partial charge >= 0.3 is 6.09 Å². The molecule has 29 heavy (non-hydrogen) atoms. The number of piperidine rings is 1. The fraction of sp³-hybridized carbons (Fsp3) is 0.348. The normalized spacial score (nSPS) is 21.4. The second-order valence-electron chi connectivity index (χ2n) is 7.79. The largest absolute Gasteiger partial charge is 0.445 e. The number of amides is 1. The molecule has 2 unspecified atom stereocenters. The van der Waals surface area contributed by atoms with E-state index in [0.717, 1.165) is 36.8 Å². The van der Waals surface area contributed by atoms with Crippen LogP contribution in [0.4, 0.5) is 4.79 Å². The molecule has 4 rings (SSSR count). The van der Waals surface area contributed by atoms with Gasteiger partial charge in [-0.25, -0.2) is 13.2 Å². The van der Waals surface area contributed by atoms with Crippen molar-refractivity contribution in [3.05, 3.63) is 71.8 Å². The summed E-state index contributed by atoms with van der Waals surface area (Å²) < 4.78 is 29.0. The topological polar surface area (TPSA) is 63.7 Å². The van der Waals surface area contributed by atoms with E-state index in [-0.39, 0.29) is 24.8 Å². The van der Waals surface area contributed by atoms with E-state index in [1.165, 1.54) is 11.8 Å². The molecule has 1 amide bonds. The third-order valence-corrected chi connectivity index (χ3v) is 6.83. The fourth-order valence-corrected chi connectivity index (χ4v) is 4.87. The quantitative estimate of drug-likeness (QED) is 0.746. The first-order valence-corrected chi connectivity index (χ1v) is 11.8. The van der Waals surface area contributed by atoms with E-state index in [2.05, 4.69) is 6.08 Å². The molecule has 1 fully saturated rings. The van der Waals surface area contributed by atoms with Crippen LogP contribution in [-0.4, -0.2) is 37.8 Å². The molecule has 1 saturated heterocycles. The number of benzene rings is 2. The fourth-order valence-electron chi connectivity index (χ4n) is 4.24. The highest BCUT2D eigenvalue weighted by atomic mass is 32.2. The Kier molecular flexibility index (Phi) is 5.46. The van der Waals surface area contributed by atoms with Crippen LogP contribution < -0.4 is 0 Å². The molecule has 152 valence electrons. The van der Waals surface area contributed by atoms with Crippen LogP contribution in [0.15, 0.2) is 65.6 Å². The zero-order valence-corrected chi connectivity index (χ0v) is 17.3. The van der Waals surface area contributed by atoms with Crippen molar-refractivity contribution in [2.45, 2.75) is 49.3 Å². The van der Waals surface area contributed by atoms with Crippen LogP contribution in [0, 0.1) is 0 Å². The molecule has 2 aliphatic rings. The molecule has 2 bridgehead atoms. The molecule has 0 aromatic heterocycles. The molecule has 2 aromatic rings. The molecule has 2 aliphatic heterocycles. The zero-order valence-electron chi connectivity index (χ0n) is 16.5. The first kappa shape index (κ1) is 19.7. The average Bonchev–Trinajstić information content (AvgIpc) is 2.71. The summed E-state index contributed by atoms with van der Waals surface area (Å²) in [7, 11) is -3.20. The number of nitrogens with zero attached hydrogens (tertiary/aromatic N) is 1. The van der Waals surface area contributed by atoms with Gasteiger partial charge in [-0.05, 0) is 54.5 Å². The van der Waals surface area contributed by atoms with Crippen LogP contribution in [0.1, 0.15) is 36.8 Å². The molecule has 2 atom stereocenters. The Hall–Kier alpha value is -2.60. The van der Waals surface area contributed by atoms with Crippen molar-refractivity contribution >= 4 is 21.5 Å². The van der Waals surface area contributed by atoms with Crippen LogP contribution in [0.25, 0.3) is 5.57 Å². The maximum absolute atomic E-state index is 12.8. The third-order valence-electron chi connectivity index (χ3n) is 5.71.